The molecule has 0 N–H and O–H groups in total. The topological polar surface area (TPSA) is 30.9 Å². The average molecular weight is 402 g/mol. The Hall–Kier alpha value is -0.160. The monoisotopic (exact) mass is 401 g/mol. The van der Waals surface area contributed by atoms with Gasteiger partial charge in [-0.1, -0.05) is 20.8 Å². The fourth-order valence-electron chi connectivity index (χ4n) is 2.73. The molecule has 0 aromatic rings. The zero-order valence-electron chi connectivity index (χ0n) is 20.3. The molecule has 0 aliphatic heterocycles. The Bertz CT molecular complexity index is 334. The lowest BCUT2D eigenvalue weighted by molar-refractivity contribution is -0.00485. The molecule has 0 saturated heterocycles. The summed E-state index contributed by atoms with van der Waals surface area (Å²) >= 11 is 0. The zero-order valence-corrected chi connectivity index (χ0v) is 20.3. The van der Waals surface area contributed by atoms with E-state index in [-0.39, 0.29) is 5.60 Å². The van der Waals surface area contributed by atoms with Gasteiger partial charge < -0.3 is 19.1 Å². The van der Waals surface area contributed by atoms with E-state index in [2.05, 4.69) is 53.5 Å². The summed E-state index contributed by atoms with van der Waals surface area (Å²) in [5, 5.41) is 0. The number of ether oxygens (including phenoxy) is 3. The molecule has 170 valence electrons. The van der Waals surface area contributed by atoms with E-state index >= 15 is 0 Å². The number of rotatable bonds is 18. The molecule has 0 rings (SSSR count). The van der Waals surface area contributed by atoms with Crippen molar-refractivity contribution >= 4 is 0 Å². The van der Waals surface area contributed by atoms with Crippen LogP contribution in [0.15, 0.2) is 0 Å². The van der Waals surface area contributed by atoms with Crippen LogP contribution < -0.4 is 0 Å². The van der Waals surface area contributed by atoms with Gasteiger partial charge in [0, 0.05) is 33.0 Å². The molecule has 28 heavy (non-hydrogen) atoms. The predicted octanol–water partition coefficient (Wildman–Crippen LogP) is 5.93. The standard InChI is InChI=1S/C24H51NO3/c1-23(2,3)15-22-27-20-14-13-19-26-18-12-10-17-25(7)16-9-8-11-21-28-24(4,5)6/h8-22H2,1-7H3. The van der Waals surface area contributed by atoms with Crippen molar-refractivity contribution in [3.63, 3.8) is 0 Å². The van der Waals surface area contributed by atoms with E-state index in [9.17, 15) is 0 Å². The van der Waals surface area contributed by atoms with Crippen LogP contribution in [0.3, 0.4) is 0 Å². The van der Waals surface area contributed by atoms with Gasteiger partial charge in [-0.3, -0.25) is 0 Å². The van der Waals surface area contributed by atoms with Gasteiger partial charge in [0.2, 0.25) is 0 Å². The Labute approximate surface area is 176 Å². The van der Waals surface area contributed by atoms with Crippen LogP contribution in [-0.4, -0.2) is 63.7 Å². The van der Waals surface area contributed by atoms with Crippen LogP contribution >= 0.6 is 0 Å². The van der Waals surface area contributed by atoms with Crippen LogP contribution in [0.2, 0.25) is 0 Å². The second kappa shape index (κ2) is 16.6. The quantitative estimate of drug-likeness (QED) is 0.266. The molecule has 0 fully saturated rings. The second-order valence-corrected chi connectivity index (χ2v) is 10.3. The molecule has 0 saturated carbocycles. The van der Waals surface area contributed by atoms with Crippen LogP contribution in [0.5, 0.6) is 0 Å². The van der Waals surface area contributed by atoms with Gasteiger partial charge in [0.25, 0.3) is 0 Å². The molecule has 0 amide bonds. The highest BCUT2D eigenvalue weighted by Crippen LogP contribution is 2.17. The summed E-state index contributed by atoms with van der Waals surface area (Å²) in [4.78, 5) is 2.44. The molecule has 4 heteroatoms. The van der Waals surface area contributed by atoms with E-state index in [0.717, 1.165) is 58.7 Å². The second-order valence-electron chi connectivity index (χ2n) is 10.3. The molecule has 0 radical (unpaired) electrons. The van der Waals surface area contributed by atoms with Gasteiger partial charge in [-0.05, 0) is 97.7 Å². The molecule has 0 spiro atoms. The van der Waals surface area contributed by atoms with E-state index in [1.165, 1.54) is 38.8 Å². The molecular formula is C24H51NO3. The number of hydrogen-bond acceptors (Lipinski definition) is 4. The molecule has 0 aromatic carbocycles. The van der Waals surface area contributed by atoms with Crippen LogP contribution in [0.4, 0.5) is 0 Å². The summed E-state index contributed by atoms with van der Waals surface area (Å²) in [7, 11) is 2.23. The van der Waals surface area contributed by atoms with Crippen molar-refractivity contribution < 1.29 is 14.2 Å². The van der Waals surface area contributed by atoms with Gasteiger partial charge in [0.05, 0.1) is 5.60 Å². The Morgan fingerprint density at radius 1 is 0.571 bits per heavy atom. The largest absolute Gasteiger partial charge is 0.381 e. The Morgan fingerprint density at radius 3 is 1.57 bits per heavy atom. The Kier molecular flexibility index (Phi) is 16.5. The first-order valence-electron chi connectivity index (χ1n) is 11.6. The highest BCUT2D eigenvalue weighted by molar-refractivity contribution is 4.60. The van der Waals surface area contributed by atoms with Gasteiger partial charge >= 0.3 is 0 Å². The zero-order chi connectivity index (χ0) is 21.3. The van der Waals surface area contributed by atoms with E-state index in [1.807, 2.05) is 0 Å². The van der Waals surface area contributed by atoms with E-state index < -0.39 is 0 Å². The maximum atomic E-state index is 5.76. The molecule has 0 heterocycles. The van der Waals surface area contributed by atoms with Crippen LogP contribution in [0.25, 0.3) is 0 Å². The van der Waals surface area contributed by atoms with Crippen molar-refractivity contribution in [2.75, 3.05) is 53.2 Å². The molecule has 4 nitrogen and oxygen atoms in total. The Morgan fingerprint density at radius 2 is 1.04 bits per heavy atom. The maximum Gasteiger partial charge on any atom is 0.0598 e. The van der Waals surface area contributed by atoms with Gasteiger partial charge in [-0.2, -0.15) is 0 Å². The van der Waals surface area contributed by atoms with Crippen molar-refractivity contribution in [3.8, 4) is 0 Å². The fraction of sp³-hybridized carbons (Fsp3) is 1.00. The van der Waals surface area contributed by atoms with Gasteiger partial charge in [-0.25, -0.2) is 0 Å². The molecule has 0 aromatic heterocycles. The third-order valence-corrected chi connectivity index (χ3v) is 4.62. The number of hydrogen-bond donors (Lipinski definition) is 0. The maximum absolute atomic E-state index is 5.76. The summed E-state index contributed by atoms with van der Waals surface area (Å²) in [5.41, 5.74) is 0.372. The first-order valence-corrected chi connectivity index (χ1v) is 11.6. The minimum atomic E-state index is -0.00127. The summed E-state index contributed by atoms with van der Waals surface area (Å²) in [6.45, 7) is 19.9. The van der Waals surface area contributed by atoms with E-state index in [1.54, 1.807) is 0 Å². The predicted molar refractivity (Wildman–Crippen MR) is 121 cm³/mol. The van der Waals surface area contributed by atoms with Gasteiger partial charge in [-0.15, -0.1) is 0 Å². The lowest BCUT2D eigenvalue weighted by atomic mass is 9.93. The van der Waals surface area contributed by atoms with E-state index in [0.29, 0.717) is 5.41 Å². The van der Waals surface area contributed by atoms with Crippen LogP contribution in [-0.2, 0) is 14.2 Å². The highest BCUT2D eigenvalue weighted by Gasteiger charge is 2.09. The number of unbranched alkanes of at least 4 members (excludes halogenated alkanes) is 4. The van der Waals surface area contributed by atoms with E-state index in [4.69, 9.17) is 14.2 Å². The SMILES string of the molecule is CN(CCCCCOC(C)(C)C)CCCCOCCCCOCCC(C)(C)C. The first-order chi connectivity index (χ1) is 13.1. The molecule has 0 unspecified atom stereocenters. The minimum absolute atomic E-state index is 0.00127. The van der Waals surface area contributed by atoms with Crippen molar-refractivity contribution in [2.45, 2.75) is 98.5 Å². The minimum Gasteiger partial charge on any atom is -0.381 e. The first kappa shape index (κ1) is 27.8. The molecule has 0 aliphatic rings. The Balaban J connectivity index is 3.23. The molecule has 0 bridgehead atoms. The van der Waals surface area contributed by atoms with Gasteiger partial charge in [0.15, 0.2) is 0 Å². The molecular weight excluding hydrogens is 350 g/mol. The summed E-state index contributed by atoms with van der Waals surface area (Å²) in [6.07, 6.45) is 9.40. The normalized spacial score (nSPS) is 12.9. The smallest absolute Gasteiger partial charge is 0.0598 e. The third-order valence-electron chi connectivity index (χ3n) is 4.62. The number of nitrogens with zero attached hydrogens (tertiary/aromatic N) is 1. The van der Waals surface area contributed by atoms with Crippen LogP contribution in [0, 0.1) is 5.41 Å². The summed E-state index contributed by atoms with van der Waals surface area (Å²) in [5.74, 6) is 0. The van der Waals surface area contributed by atoms with Gasteiger partial charge in [0.1, 0.15) is 0 Å². The van der Waals surface area contributed by atoms with Crippen molar-refractivity contribution in [1.29, 1.82) is 0 Å². The summed E-state index contributed by atoms with van der Waals surface area (Å²) < 4.78 is 17.2. The third kappa shape index (κ3) is 23.9. The lowest BCUT2D eigenvalue weighted by Crippen LogP contribution is -2.22. The molecule has 0 aliphatic carbocycles. The average Bonchev–Trinajstić information content (AvgIpc) is 2.57. The fourth-order valence-corrected chi connectivity index (χ4v) is 2.73. The van der Waals surface area contributed by atoms with Crippen molar-refractivity contribution in [2.24, 2.45) is 5.41 Å². The highest BCUT2D eigenvalue weighted by atomic mass is 16.5. The lowest BCUT2D eigenvalue weighted by Gasteiger charge is -2.20. The van der Waals surface area contributed by atoms with Crippen molar-refractivity contribution in [1.82, 2.24) is 4.90 Å². The molecule has 0 atom stereocenters. The summed E-state index contributed by atoms with van der Waals surface area (Å²) in [6, 6.07) is 0. The van der Waals surface area contributed by atoms with Crippen LogP contribution in [0.1, 0.15) is 92.9 Å². The van der Waals surface area contributed by atoms with Crippen molar-refractivity contribution in [3.05, 3.63) is 0 Å².